The van der Waals surface area contributed by atoms with E-state index in [1.165, 1.54) is 5.56 Å². The van der Waals surface area contributed by atoms with Crippen molar-refractivity contribution in [3.05, 3.63) is 72.8 Å². The van der Waals surface area contributed by atoms with Gasteiger partial charge in [-0.05, 0) is 17.7 Å². The van der Waals surface area contributed by atoms with Crippen LogP contribution in [0.4, 0.5) is 5.82 Å². The minimum Gasteiger partial charge on any atom is -0.264 e. The Balaban J connectivity index is 1.64. The number of aromatic nitrogens is 3. The Morgan fingerprint density at radius 3 is 2.79 bits per heavy atom. The van der Waals surface area contributed by atoms with Gasteiger partial charge in [-0.15, -0.1) is 11.3 Å². The van der Waals surface area contributed by atoms with Crippen LogP contribution in [0.2, 0.25) is 0 Å². The number of rotatable bonds is 4. The van der Waals surface area contributed by atoms with E-state index in [4.69, 9.17) is 0 Å². The van der Waals surface area contributed by atoms with Crippen LogP contribution in [0.25, 0.3) is 20.7 Å². The minimum absolute atomic E-state index is 0.701. The SMILES string of the molecule is C(=N\Nc1ncnc2cc(-c3ccccc3)sc12)/c1cccnc1. The molecule has 0 saturated carbocycles. The number of hydrogen-bond donors (Lipinski definition) is 1. The first kappa shape index (κ1) is 14.5. The molecule has 3 heterocycles. The second kappa shape index (κ2) is 6.55. The first-order chi connectivity index (χ1) is 11.9. The smallest absolute Gasteiger partial charge is 0.167 e. The quantitative estimate of drug-likeness (QED) is 0.450. The maximum atomic E-state index is 4.35. The van der Waals surface area contributed by atoms with Gasteiger partial charge in [-0.3, -0.25) is 10.4 Å². The fourth-order valence-electron chi connectivity index (χ4n) is 2.30. The molecule has 0 aliphatic rings. The van der Waals surface area contributed by atoms with Gasteiger partial charge in [-0.1, -0.05) is 36.4 Å². The van der Waals surface area contributed by atoms with Crippen molar-refractivity contribution >= 4 is 33.6 Å². The standard InChI is InChI=1S/C18H13N5S/c1-2-6-14(7-3-1)16-9-15-17(24-16)18(21-12-20-15)23-22-11-13-5-4-8-19-10-13/h1-12H,(H,20,21,23)/b22-11+. The Morgan fingerprint density at radius 1 is 1.04 bits per heavy atom. The molecule has 0 spiro atoms. The zero-order valence-electron chi connectivity index (χ0n) is 12.6. The van der Waals surface area contributed by atoms with Crippen molar-refractivity contribution in [1.29, 1.82) is 0 Å². The fourth-order valence-corrected chi connectivity index (χ4v) is 3.35. The monoisotopic (exact) mass is 331 g/mol. The Kier molecular flexibility index (Phi) is 3.95. The van der Waals surface area contributed by atoms with Crippen LogP contribution in [0.3, 0.4) is 0 Å². The summed E-state index contributed by atoms with van der Waals surface area (Å²) in [5.41, 5.74) is 6.01. The number of nitrogens with zero attached hydrogens (tertiary/aromatic N) is 4. The molecule has 3 aromatic heterocycles. The lowest BCUT2D eigenvalue weighted by molar-refractivity contribution is 1.19. The van der Waals surface area contributed by atoms with Gasteiger partial charge in [0.2, 0.25) is 0 Å². The summed E-state index contributed by atoms with van der Waals surface area (Å²) in [6.07, 6.45) is 6.74. The molecule has 116 valence electrons. The van der Waals surface area contributed by atoms with Crippen molar-refractivity contribution in [3.8, 4) is 10.4 Å². The Morgan fingerprint density at radius 2 is 1.96 bits per heavy atom. The first-order valence-electron chi connectivity index (χ1n) is 7.39. The molecule has 0 saturated heterocycles. The van der Waals surface area contributed by atoms with Crippen LogP contribution in [0, 0.1) is 0 Å². The molecule has 0 radical (unpaired) electrons. The number of nitrogens with one attached hydrogen (secondary N) is 1. The Hall–Kier alpha value is -3.12. The number of hydrazone groups is 1. The number of benzene rings is 1. The lowest BCUT2D eigenvalue weighted by Crippen LogP contribution is -1.94. The molecule has 4 aromatic rings. The van der Waals surface area contributed by atoms with Gasteiger partial charge in [-0.2, -0.15) is 5.10 Å². The average molecular weight is 331 g/mol. The summed E-state index contributed by atoms with van der Waals surface area (Å²) in [7, 11) is 0. The summed E-state index contributed by atoms with van der Waals surface area (Å²) in [6, 6.07) is 16.1. The van der Waals surface area contributed by atoms with Gasteiger partial charge >= 0.3 is 0 Å². The topological polar surface area (TPSA) is 63.1 Å². The van der Waals surface area contributed by atoms with Crippen LogP contribution >= 0.6 is 11.3 Å². The molecule has 0 amide bonds. The molecule has 0 aliphatic carbocycles. The molecule has 6 heteroatoms. The van der Waals surface area contributed by atoms with E-state index < -0.39 is 0 Å². The van der Waals surface area contributed by atoms with Crippen LogP contribution in [-0.2, 0) is 0 Å². The van der Waals surface area contributed by atoms with Crippen LogP contribution in [-0.4, -0.2) is 21.2 Å². The third-order valence-electron chi connectivity index (χ3n) is 3.44. The fraction of sp³-hybridized carbons (Fsp3) is 0. The molecule has 5 nitrogen and oxygen atoms in total. The predicted molar refractivity (Wildman–Crippen MR) is 98.3 cm³/mol. The van der Waals surface area contributed by atoms with Crippen LogP contribution in [0.1, 0.15) is 5.56 Å². The van der Waals surface area contributed by atoms with Crippen molar-refractivity contribution in [3.63, 3.8) is 0 Å². The van der Waals surface area contributed by atoms with Gasteiger partial charge < -0.3 is 0 Å². The highest BCUT2D eigenvalue weighted by Gasteiger charge is 2.09. The molecular weight excluding hydrogens is 318 g/mol. The summed E-state index contributed by atoms with van der Waals surface area (Å²) < 4.78 is 0.986. The lowest BCUT2D eigenvalue weighted by atomic mass is 10.2. The van der Waals surface area contributed by atoms with Crippen LogP contribution in [0.15, 0.2) is 72.4 Å². The van der Waals surface area contributed by atoms with Crippen LogP contribution in [0.5, 0.6) is 0 Å². The second-order valence-electron chi connectivity index (χ2n) is 5.07. The number of anilines is 1. The molecule has 0 unspecified atom stereocenters. The minimum atomic E-state index is 0.701. The van der Waals surface area contributed by atoms with Crippen molar-refractivity contribution in [2.75, 3.05) is 5.43 Å². The summed E-state index contributed by atoms with van der Waals surface area (Å²) in [6.45, 7) is 0. The molecule has 1 N–H and O–H groups in total. The van der Waals surface area contributed by atoms with Crippen LogP contribution < -0.4 is 5.43 Å². The van der Waals surface area contributed by atoms with Gasteiger partial charge in [-0.25, -0.2) is 9.97 Å². The number of hydrogen-bond acceptors (Lipinski definition) is 6. The zero-order chi connectivity index (χ0) is 16.2. The lowest BCUT2D eigenvalue weighted by Gasteiger charge is -1.99. The van der Waals surface area contributed by atoms with Crippen molar-refractivity contribution < 1.29 is 0 Å². The predicted octanol–water partition coefficient (Wildman–Crippen LogP) is 4.20. The summed E-state index contributed by atoms with van der Waals surface area (Å²) in [5.74, 6) is 0.701. The third kappa shape index (κ3) is 3.00. The normalized spacial score (nSPS) is 11.2. The first-order valence-corrected chi connectivity index (χ1v) is 8.21. The second-order valence-corrected chi connectivity index (χ2v) is 6.12. The van der Waals surface area contributed by atoms with E-state index in [2.05, 4.69) is 43.7 Å². The van der Waals surface area contributed by atoms with Crippen molar-refractivity contribution in [2.45, 2.75) is 0 Å². The van der Waals surface area contributed by atoms with E-state index in [-0.39, 0.29) is 0 Å². The maximum Gasteiger partial charge on any atom is 0.167 e. The van der Waals surface area contributed by atoms with Gasteiger partial charge in [0.25, 0.3) is 0 Å². The van der Waals surface area contributed by atoms with E-state index in [0.29, 0.717) is 5.82 Å². The molecule has 0 aliphatic heterocycles. The van der Waals surface area contributed by atoms with E-state index in [1.807, 2.05) is 30.3 Å². The molecule has 0 atom stereocenters. The average Bonchev–Trinajstić information content (AvgIpc) is 3.09. The summed E-state index contributed by atoms with van der Waals surface area (Å²) in [5, 5.41) is 4.25. The zero-order valence-corrected chi connectivity index (χ0v) is 13.4. The number of fused-ring (bicyclic) bond motifs is 1. The molecular formula is C18H13N5S. The Labute approximate surface area is 142 Å². The largest absolute Gasteiger partial charge is 0.264 e. The number of pyridine rings is 1. The third-order valence-corrected chi connectivity index (χ3v) is 4.62. The summed E-state index contributed by atoms with van der Waals surface area (Å²) in [4.78, 5) is 13.9. The van der Waals surface area contributed by atoms with E-state index in [9.17, 15) is 0 Å². The van der Waals surface area contributed by atoms with E-state index in [1.54, 1.807) is 36.3 Å². The molecule has 24 heavy (non-hydrogen) atoms. The molecule has 4 rings (SSSR count). The maximum absolute atomic E-state index is 4.35. The highest BCUT2D eigenvalue weighted by molar-refractivity contribution is 7.22. The molecule has 1 aromatic carbocycles. The highest BCUT2D eigenvalue weighted by atomic mass is 32.1. The van der Waals surface area contributed by atoms with Crippen molar-refractivity contribution in [2.24, 2.45) is 5.10 Å². The molecule has 0 bridgehead atoms. The van der Waals surface area contributed by atoms with Gasteiger partial charge in [0.1, 0.15) is 6.33 Å². The van der Waals surface area contributed by atoms with E-state index >= 15 is 0 Å². The van der Waals surface area contributed by atoms with Crippen molar-refractivity contribution in [1.82, 2.24) is 15.0 Å². The highest BCUT2D eigenvalue weighted by Crippen LogP contribution is 2.35. The number of thiophene rings is 1. The van der Waals surface area contributed by atoms with Gasteiger partial charge in [0.15, 0.2) is 5.82 Å². The Bertz CT molecular complexity index is 980. The summed E-state index contributed by atoms with van der Waals surface area (Å²) >= 11 is 1.65. The van der Waals surface area contributed by atoms with Gasteiger partial charge in [0, 0.05) is 22.8 Å². The van der Waals surface area contributed by atoms with E-state index in [0.717, 1.165) is 20.7 Å². The molecule has 0 fully saturated rings. The van der Waals surface area contributed by atoms with Gasteiger partial charge in [0.05, 0.1) is 16.4 Å².